The number of rotatable bonds is 2. The minimum Gasteiger partial charge on any atom is -0.327 e. The largest absolute Gasteiger partial charge is 0.327 e. The van der Waals surface area contributed by atoms with Crippen molar-refractivity contribution >= 4 is 10.0 Å². The zero-order valence-corrected chi connectivity index (χ0v) is 11.7. The van der Waals surface area contributed by atoms with Gasteiger partial charge in [-0.2, -0.15) is 4.31 Å². The Kier molecular flexibility index (Phi) is 3.20. The van der Waals surface area contributed by atoms with E-state index in [0.29, 0.717) is 19.5 Å². The Balaban J connectivity index is 2.30. The molecule has 7 nitrogen and oxygen atoms in total. The summed E-state index contributed by atoms with van der Waals surface area (Å²) in [7, 11) is -1.96. The topological polar surface area (TPSA) is 94.1 Å². The molecule has 0 aromatic carbocycles. The second-order valence-corrected chi connectivity index (χ2v) is 7.30. The predicted octanol–water partition coefficient (Wildman–Crippen LogP) is -0.437. The van der Waals surface area contributed by atoms with Gasteiger partial charge in [0.25, 0.3) is 10.0 Å². The molecule has 2 N–H and O–H groups in total. The quantitative estimate of drug-likeness (QED) is 0.788. The molecule has 0 bridgehead atoms. The van der Waals surface area contributed by atoms with Gasteiger partial charge in [-0.15, -0.1) is 5.10 Å². The zero-order chi connectivity index (χ0) is 13.6. The van der Waals surface area contributed by atoms with Crippen LogP contribution in [0.5, 0.6) is 0 Å². The Labute approximate surface area is 107 Å². The highest BCUT2D eigenvalue weighted by atomic mass is 32.2. The summed E-state index contributed by atoms with van der Waals surface area (Å²) < 4.78 is 27.6. The Hall–Kier alpha value is -0.990. The molecule has 0 saturated carbocycles. The molecule has 0 spiro atoms. The van der Waals surface area contributed by atoms with Gasteiger partial charge in [-0.1, -0.05) is 19.1 Å². The molecule has 1 aromatic heterocycles. The lowest BCUT2D eigenvalue weighted by molar-refractivity contribution is 0.155. The van der Waals surface area contributed by atoms with E-state index < -0.39 is 10.0 Å². The molecule has 2 rings (SSSR count). The van der Waals surface area contributed by atoms with Crippen LogP contribution in [0.2, 0.25) is 0 Å². The van der Waals surface area contributed by atoms with Crippen molar-refractivity contribution in [3.8, 4) is 0 Å². The molecule has 1 aromatic rings. The van der Waals surface area contributed by atoms with E-state index in [2.05, 4.69) is 10.3 Å². The molecule has 18 heavy (non-hydrogen) atoms. The van der Waals surface area contributed by atoms with Crippen LogP contribution in [0.25, 0.3) is 0 Å². The molecule has 0 amide bonds. The predicted molar refractivity (Wildman–Crippen MR) is 66.1 cm³/mol. The molecule has 0 radical (unpaired) electrons. The first-order chi connectivity index (χ1) is 8.25. The molecule has 1 aliphatic rings. The molecule has 1 aliphatic heterocycles. The number of hydrogen-bond acceptors (Lipinski definition) is 5. The van der Waals surface area contributed by atoms with E-state index in [9.17, 15) is 8.42 Å². The van der Waals surface area contributed by atoms with E-state index in [1.54, 1.807) is 7.05 Å². The third-order valence-corrected chi connectivity index (χ3v) is 5.44. The SMILES string of the molecule is Cn1nncc1S(=O)(=O)N1CCC(N)C(C)(C)C1. The van der Waals surface area contributed by atoms with Crippen LogP contribution < -0.4 is 5.73 Å². The number of piperidine rings is 1. The Morgan fingerprint density at radius 3 is 2.67 bits per heavy atom. The summed E-state index contributed by atoms with van der Waals surface area (Å²) in [6.07, 6.45) is 1.94. The number of nitrogens with zero attached hydrogens (tertiary/aromatic N) is 4. The highest BCUT2D eigenvalue weighted by molar-refractivity contribution is 7.89. The van der Waals surface area contributed by atoms with E-state index in [-0.39, 0.29) is 16.5 Å². The first-order valence-electron chi connectivity index (χ1n) is 5.85. The van der Waals surface area contributed by atoms with Crippen LogP contribution >= 0.6 is 0 Å². The maximum absolute atomic E-state index is 12.4. The molecule has 102 valence electrons. The van der Waals surface area contributed by atoms with Gasteiger partial charge in [0.05, 0.1) is 6.20 Å². The van der Waals surface area contributed by atoms with Crippen molar-refractivity contribution in [2.75, 3.05) is 13.1 Å². The number of sulfonamides is 1. The van der Waals surface area contributed by atoms with E-state index in [1.165, 1.54) is 15.2 Å². The maximum atomic E-state index is 12.4. The number of aromatic nitrogens is 3. The van der Waals surface area contributed by atoms with Crippen molar-refractivity contribution in [2.24, 2.45) is 18.2 Å². The normalized spacial score (nSPS) is 25.2. The summed E-state index contributed by atoms with van der Waals surface area (Å²) in [5.41, 5.74) is 5.79. The number of nitrogens with two attached hydrogens (primary N) is 1. The van der Waals surface area contributed by atoms with Gasteiger partial charge < -0.3 is 5.73 Å². The van der Waals surface area contributed by atoms with Crippen molar-refractivity contribution in [1.82, 2.24) is 19.3 Å². The van der Waals surface area contributed by atoms with Gasteiger partial charge in [0.15, 0.2) is 5.03 Å². The van der Waals surface area contributed by atoms with Crippen molar-refractivity contribution in [2.45, 2.75) is 31.3 Å². The first kappa shape index (κ1) is 13.4. The summed E-state index contributed by atoms with van der Waals surface area (Å²) in [4.78, 5) is 0. The van der Waals surface area contributed by atoms with Gasteiger partial charge in [-0.3, -0.25) is 0 Å². The standard InChI is InChI=1S/C10H19N5O2S/c1-10(2)7-15(5-4-8(10)11)18(16,17)9-6-12-13-14(9)3/h6,8H,4-5,7,11H2,1-3H3. The highest BCUT2D eigenvalue weighted by Gasteiger charge is 2.39. The summed E-state index contributed by atoms with van der Waals surface area (Å²) >= 11 is 0. The van der Waals surface area contributed by atoms with Crippen LogP contribution in [0, 0.1) is 5.41 Å². The number of hydrogen-bond donors (Lipinski definition) is 1. The lowest BCUT2D eigenvalue weighted by Crippen LogP contribution is -2.54. The molecular formula is C10H19N5O2S. The van der Waals surface area contributed by atoms with Crippen molar-refractivity contribution in [3.63, 3.8) is 0 Å². The maximum Gasteiger partial charge on any atom is 0.261 e. The third kappa shape index (κ3) is 2.15. The molecule has 1 atom stereocenters. The zero-order valence-electron chi connectivity index (χ0n) is 10.9. The van der Waals surface area contributed by atoms with Crippen molar-refractivity contribution < 1.29 is 8.42 Å². The van der Waals surface area contributed by atoms with E-state index in [0.717, 1.165) is 0 Å². The second-order valence-electron chi connectivity index (χ2n) is 5.42. The molecule has 2 heterocycles. The van der Waals surface area contributed by atoms with Gasteiger partial charge in [0.1, 0.15) is 0 Å². The summed E-state index contributed by atoms with van der Waals surface area (Å²) in [5.74, 6) is 0. The molecule has 1 saturated heterocycles. The van der Waals surface area contributed by atoms with Crippen LogP contribution in [-0.2, 0) is 17.1 Å². The van der Waals surface area contributed by atoms with Gasteiger partial charge in [-0.25, -0.2) is 13.1 Å². The van der Waals surface area contributed by atoms with Gasteiger partial charge in [-0.05, 0) is 11.8 Å². The fourth-order valence-electron chi connectivity index (χ4n) is 2.18. The third-order valence-electron chi connectivity index (χ3n) is 3.55. The lowest BCUT2D eigenvalue weighted by atomic mass is 9.81. The minimum absolute atomic E-state index is 0.0219. The highest BCUT2D eigenvalue weighted by Crippen LogP contribution is 2.30. The Morgan fingerprint density at radius 1 is 1.50 bits per heavy atom. The van der Waals surface area contributed by atoms with Gasteiger partial charge in [0.2, 0.25) is 0 Å². The first-order valence-corrected chi connectivity index (χ1v) is 7.29. The lowest BCUT2D eigenvalue weighted by Gasteiger charge is -2.41. The summed E-state index contributed by atoms with van der Waals surface area (Å²) in [5, 5.41) is 7.40. The monoisotopic (exact) mass is 273 g/mol. The van der Waals surface area contributed by atoms with Crippen LogP contribution in [0.15, 0.2) is 11.2 Å². The average Bonchev–Trinajstić information content (AvgIpc) is 2.69. The fraction of sp³-hybridized carbons (Fsp3) is 0.800. The van der Waals surface area contributed by atoms with E-state index in [1.807, 2.05) is 13.8 Å². The van der Waals surface area contributed by atoms with Gasteiger partial charge >= 0.3 is 0 Å². The Bertz CT molecular complexity index is 536. The average molecular weight is 273 g/mol. The molecule has 0 aliphatic carbocycles. The fourth-order valence-corrected chi connectivity index (χ4v) is 3.84. The van der Waals surface area contributed by atoms with Crippen molar-refractivity contribution in [3.05, 3.63) is 6.20 Å². The summed E-state index contributed by atoms with van der Waals surface area (Å²) in [6, 6.07) is 0.0219. The van der Waals surface area contributed by atoms with Crippen molar-refractivity contribution in [1.29, 1.82) is 0 Å². The van der Waals surface area contributed by atoms with Crippen LogP contribution in [0.1, 0.15) is 20.3 Å². The minimum atomic E-state index is -3.53. The van der Waals surface area contributed by atoms with Crippen LogP contribution in [-0.4, -0.2) is 46.8 Å². The van der Waals surface area contributed by atoms with E-state index >= 15 is 0 Å². The molecular weight excluding hydrogens is 254 g/mol. The molecule has 1 unspecified atom stereocenters. The molecule has 1 fully saturated rings. The van der Waals surface area contributed by atoms with Crippen LogP contribution in [0.4, 0.5) is 0 Å². The number of aryl methyl sites for hydroxylation is 1. The molecule has 8 heteroatoms. The second kappa shape index (κ2) is 4.29. The smallest absolute Gasteiger partial charge is 0.261 e. The summed E-state index contributed by atoms with van der Waals surface area (Å²) in [6.45, 7) is 4.83. The van der Waals surface area contributed by atoms with E-state index in [4.69, 9.17) is 5.73 Å². The van der Waals surface area contributed by atoms with Crippen LogP contribution in [0.3, 0.4) is 0 Å². The Morgan fingerprint density at radius 2 is 2.17 bits per heavy atom. The van der Waals surface area contributed by atoms with Gasteiger partial charge in [0, 0.05) is 26.2 Å².